The van der Waals surface area contributed by atoms with Crippen molar-refractivity contribution in [1.29, 1.82) is 0 Å². The van der Waals surface area contributed by atoms with Gasteiger partial charge in [0.25, 0.3) is 17.7 Å². The molecule has 1 heterocycles. The average Bonchev–Trinajstić information content (AvgIpc) is 2.95. The number of carbonyl (C=O) groups excluding carboxylic acids is 4. The van der Waals surface area contributed by atoms with Gasteiger partial charge in [0.2, 0.25) is 0 Å². The molecule has 3 aromatic carbocycles. The van der Waals surface area contributed by atoms with Gasteiger partial charge < -0.3 is 19.5 Å². The van der Waals surface area contributed by atoms with Crippen molar-refractivity contribution in [3.8, 4) is 17.2 Å². The average molecular weight is 736 g/mol. The van der Waals surface area contributed by atoms with E-state index in [0.29, 0.717) is 43.3 Å². The highest BCUT2D eigenvalue weighted by molar-refractivity contribution is 9.11. The van der Waals surface area contributed by atoms with E-state index in [-0.39, 0.29) is 23.6 Å². The second-order valence-electron chi connectivity index (χ2n) is 9.25. The Labute approximate surface area is 269 Å². The highest BCUT2D eigenvalue weighted by Crippen LogP contribution is 2.36. The van der Waals surface area contributed by atoms with Crippen LogP contribution in [0.4, 0.5) is 16.2 Å². The molecule has 0 aromatic heterocycles. The van der Waals surface area contributed by atoms with Gasteiger partial charge in [-0.2, -0.15) is 0 Å². The number of anilines is 2. The smallest absolute Gasteiger partial charge is 0.335 e. The van der Waals surface area contributed by atoms with E-state index in [9.17, 15) is 19.2 Å². The van der Waals surface area contributed by atoms with Crippen LogP contribution in [-0.2, 0) is 14.4 Å². The second kappa shape index (κ2) is 14.1. The van der Waals surface area contributed by atoms with E-state index in [0.717, 1.165) is 16.9 Å². The van der Waals surface area contributed by atoms with Crippen molar-refractivity contribution < 1.29 is 33.4 Å². The van der Waals surface area contributed by atoms with Crippen LogP contribution in [-0.4, -0.2) is 44.1 Å². The number of rotatable bonds is 10. The molecule has 0 spiro atoms. The third-order valence-electron chi connectivity index (χ3n) is 6.11. The van der Waals surface area contributed by atoms with Crippen LogP contribution in [0.3, 0.4) is 0 Å². The van der Waals surface area contributed by atoms with Gasteiger partial charge in [-0.15, -0.1) is 0 Å². The number of hydrogen-bond donors (Lipinski definition) is 2. The molecule has 1 saturated heterocycles. The second-order valence-corrected chi connectivity index (χ2v) is 11.4. The molecule has 224 valence electrons. The quantitative estimate of drug-likeness (QED) is 0.177. The van der Waals surface area contributed by atoms with Crippen LogP contribution in [0.1, 0.15) is 24.5 Å². The molecule has 0 saturated carbocycles. The first-order chi connectivity index (χ1) is 20.5. The minimum Gasteiger partial charge on any atom is -0.493 e. The molecule has 1 aliphatic heterocycles. The normalized spacial score (nSPS) is 14.0. The molecular formula is C30H26Br2ClN3O7. The molecule has 0 unspecified atom stereocenters. The molecule has 4 rings (SSSR count). The van der Waals surface area contributed by atoms with E-state index in [4.69, 9.17) is 25.8 Å². The Morgan fingerprint density at radius 2 is 1.81 bits per heavy atom. The maximum atomic E-state index is 13.6. The largest absolute Gasteiger partial charge is 0.493 e. The summed E-state index contributed by atoms with van der Waals surface area (Å²) in [6.45, 7) is 3.87. The highest BCUT2D eigenvalue weighted by Gasteiger charge is 2.37. The zero-order valence-corrected chi connectivity index (χ0v) is 27.2. The van der Waals surface area contributed by atoms with Crippen LogP contribution < -0.4 is 29.7 Å². The minimum absolute atomic E-state index is 0.168. The number of imide groups is 2. The molecule has 10 nitrogen and oxygen atoms in total. The lowest BCUT2D eigenvalue weighted by Gasteiger charge is -2.27. The van der Waals surface area contributed by atoms with Gasteiger partial charge in [0.1, 0.15) is 11.3 Å². The molecule has 0 radical (unpaired) electrons. The van der Waals surface area contributed by atoms with Gasteiger partial charge >= 0.3 is 6.03 Å². The topological polar surface area (TPSA) is 123 Å². The van der Waals surface area contributed by atoms with Crippen LogP contribution in [0.25, 0.3) is 6.08 Å². The third kappa shape index (κ3) is 7.56. The number of carbonyl (C=O) groups is 4. The van der Waals surface area contributed by atoms with Crippen molar-refractivity contribution in [3.63, 3.8) is 0 Å². The summed E-state index contributed by atoms with van der Waals surface area (Å²) in [6.07, 6.45) is 2.06. The number of aryl methyl sites for hydroxylation is 1. The fourth-order valence-corrected chi connectivity index (χ4v) is 5.57. The molecule has 0 aliphatic carbocycles. The summed E-state index contributed by atoms with van der Waals surface area (Å²) in [6, 6.07) is 12.1. The zero-order valence-electron chi connectivity index (χ0n) is 23.3. The van der Waals surface area contributed by atoms with Gasteiger partial charge in [0.15, 0.2) is 18.1 Å². The van der Waals surface area contributed by atoms with Gasteiger partial charge in [-0.05, 0) is 77.3 Å². The van der Waals surface area contributed by atoms with Gasteiger partial charge in [-0.25, -0.2) is 9.69 Å². The number of urea groups is 1. The molecule has 2 N–H and O–H groups in total. The predicted molar refractivity (Wildman–Crippen MR) is 170 cm³/mol. The molecule has 13 heteroatoms. The summed E-state index contributed by atoms with van der Waals surface area (Å²) in [5, 5.41) is 5.41. The van der Waals surface area contributed by atoms with E-state index in [1.54, 1.807) is 36.4 Å². The first-order valence-corrected chi connectivity index (χ1v) is 14.9. The summed E-state index contributed by atoms with van der Waals surface area (Å²) in [4.78, 5) is 52.7. The number of methoxy groups -OCH3 is 1. The standard InChI is InChI=1S/C30H26Br2ClN3O7/c1-4-9-42-24-8-7-20(14-25(24)41-3)36-29(39)21(28(38)35-30(36)40)11-17-10-18(31)12-22(32)27(17)43-15-26(37)34-19-6-5-16(2)23(33)13-19/h5-8,10-14H,4,9,15H2,1-3H3,(H,34,37)(H,35,38,40)/b21-11-. The summed E-state index contributed by atoms with van der Waals surface area (Å²) >= 11 is 13.0. The van der Waals surface area contributed by atoms with Crippen molar-refractivity contribution in [3.05, 3.63) is 79.2 Å². The van der Waals surface area contributed by atoms with E-state index in [1.165, 1.54) is 25.3 Å². The van der Waals surface area contributed by atoms with Crippen molar-refractivity contribution in [2.75, 3.05) is 30.5 Å². The maximum absolute atomic E-state index is 13.6. The van der Waals surface area contributed by atoms with Crippen LogP contribution in [0.5, 0.6) is 17.2 Å². The van der Waals surface area contributed by atoms with Crippen molar-refractivity contribution in [1.82, 2.24) is 5.32 Å². The summed E-state index contributed by atoms with van der Waals surface area (Å²) < 4.78 is 17.9. The Morgan fingerprint density at radius 3 is 2.51 bits per heavy atom. The molecule has 3 aromatic rings. The van der Waals surface area contributed by atoms with Crippen molar-refractivity contribution in [2.45, 2.75) is 20.3 Å². The van der Waals surface area contributed by atoms with Gasteiger partial charge in [-0.3, -0.25) is 19.7 Å². The highest BCUT2D eigenvalue weighted by atomic mass is 79.9. The molecule has 1 fully saturated rings. The molecule has 43 heavy (non-hydrogen) atoms. The van der Waals surface area contributed by atoms with Crippen LogP contribution in [0.15, 0.2) is 63.0 Å². The zero-order chi connectivity index (χ0) is 31.3. The molecule has 0 atom stereocenters. The number of amides is 5. The number of ether oxygens (including phenoxy) is 3. The number of nitrogens with one attached hydrogen (secondary N) is 2. The van der Waals surface area contributed by atoms with Crippen LogP contribution in [0.2, 0.25) is 5.02 Å². The predicted octanol–water partition coefficient (Wildman–Crippen LogP) is 6.65. The minimum atomic E-state index is -0.920. The van der Waals surface area contributed by atoms with E-state index in [2.05, 4.69) is 42.5 Å². The number of halogens is 3. The van der Waals surface area contributed by atoms with Gasteiger partial charge in [0, 0.05) is 26.8 Å². The van der Waals surface area contributed by atoms with Crippen LogP contribution >= 0.6 is 43.5 Å². The summed E-state index contributed by atoms with van der Waals surface area (Å²) in [7, 11) is 1.44. The monoisotopic (exact) mass is 733 g/mol. The Bertz CT molecular complexity index is 1640. The summed E-state index contributed by atoms with van der Waals surface area (Å²) in [5.41, 5.74) is 1.49. The lowest BCUT2D eigenvalue weighted by atomic mass is 10.1. The van der Waals surface area contributed by atoms with E-state index in [1.807, 2.05) is 13.8 Å². The number of barbiturate groups is 1. The van der Waals surface area contributed by atoms with Gasteiger partial charge in [0.05, 0.1) is 23.9 Å². The van der Waals surface area contributed by atoms with Crippen LogP contribution in [0, 0.1) is 6.92 Å². The fourth-order valence-electron chi connectivity index (χ4n) is 4.02. The molecule has 1 aliphatic rings. The van der Waals surface area contributed by atoms with E-state index >= 15 is 0 Å². The number of nitrogens with zero attached hydrogens (tertiary/aromatic N) is 1. The first-order valence-electron chi connectivity index (χ1n) is 12.9. The Morgan fingerprint density at radius 1 is 1.05 bits per heavy atom. The number of benzene rings is 3. The summed E-state index contributed by atoms with van der Waals surface area (Å²) in [5.74, 6) is -1.27. The Hall–Kier alpha value is -3.87. The lowest BCUT2D eigenvalue weighted by molar-refractivity contribution is -0.122. The molecule has 5 amide bonds. The SMILES string of the molecule is CCCOc1ccc(N2C(=O)NC(=O)/C(=C/c3cc(Br)cc(Br)c3OCC(=O)Nc3ccc(C)c(Cl)c3)C2=O)cc1OC. The Balaban J connectivity index is 1.62. The van der Waals surface area contributed by atoms with Crippen molar-refractivity contribution in [2.24, 2.45) is 0 Å². The van der Waals surface area contributed by atoms with Gasteiger partial charge in [-0.1, -0.05) is 40.5 Å². The molecule has 0 bridgehead atoms. The first kappa shape index (κ1) is 32.1. The molecular weight excluding hydrogens is 710 g/mol. The maximum Gasteiger partial charge on any atom is 0.335 e. The third-order valence-corrected chi connectivity index (χ3v) is 7.56. The van der Waals surface area contributed by atoms with E-state index < -0.39 is 23.8 Å². The fraction of sp³-hybridized carbons (Fsp3) is 0.200. The Kier molecular flexibility index (Phi) is 10.5. The van der Waals surface area contributed by atoms with Crippen molar-refractivity contribution >= 4 is 84.7 Å². The number of hydrogen-bond acceptors (Lipinski definition) is 7. The lowest BCUT2D eigenvalue weighted by Crippen LogP contribution is -2.54.